The second-order valence-corrected chi connectivity index (χ2v) is 9.95. The fraction of sp³-hybridized carbons (Fsp3) is 0.290. The number of quaternary nitrogens is 1. The molecule has 1 amide bonds. The summed E-state index contributed by atoms with van der Waals surface area (Å²) in [6.45, 7) is 3.50. The maximum Gasteiger partial charge on any atom is 0.295 e. The van der Waals surface area contributed by atoms with Gasteiger partial charge in [-0.3, -0.25) is 9.59 Å². The van der Waals surface area contributed by atoms with Crippen molar-refractivity contribution in [3.63, 3.8) is 0 Å². The van der Waals surface area contributed by atoms with E-state index in [1.54, 1.807) is 36.4 Å². The molecule has 0 aliphatic carbocycles. The second kappa shape index (κ2) is 12.0. The maximum atomic E-state index is 13.7. The summed E-state index contributed by atoms with van der Waals surface area (Å²) < 4.78 is 11.1. The third-order valence-corrected chi connectivity index (χ3v) is 6.90. The molecule has 8 heteroatoms. The number of phenols is 1. The van der Waals surface area contributed by atoms with Gasteiger partial charge in [-0.25, -0.2) is 0 Å². The predicted octanol–water partition coefficient (Wildman–Crippen LogP) is 2.05. The van der Waals surface area contributed by atoms with Crippen LogP contribution in [0.5, 0.6) is 17.2 Å². The van der Waals surface area contributed by atoms with Crippen molar-refractivity contribution in [2.45, 2.75) is 26.0 Å². The highest BCUT2D eigenvalue weighted by Gasteiger charge is 2.44. The third kappa shape index (κ3) is 6.07. The van der Waals surface area contributed by atoms with Crippen LogP contribution >= 0.6 is 0 Å². The molecule has 0 aromatic heterocycles. The monoisotopic (exact) mass is 530 g/mol. The van der Waals surface area contributed by atoms with Crippen LogP contribution in [0.3, 0.4) is 0 Å². The number of nitrogens with zero attached hydrogens (tertiary/aromatic N) is 1. The van der Waals surface area contributed by atoms with Gasteiger partial charge in [-0.15, -0.1) is 0 Å². The number of ether oxygens (including phenoxy) is 2. The summed E-state index contributed by atoms with van der Waals surface area (Å²) in [6.07, 6.45) is 0.654. The van der Waals surface area contributed by atoms with Crippen molar-refractivity contribution in [3.05, 3.63) is 94.6 Å². The Hall–Kier alpha value is -4.30. The number of nitrogens with one attached hydrogen (secondary N) is 1. The lowest BCUT2D eigenvalue weighted by atomic mass is 9.95. The number of likely N-dealkylation sites (tertiary alicyclic amines) is 1. The number of carbonyl (C=O) groups is 2. The van der Waals surface area contributed by atoms with Gasteiger partial charge in [0.15, 0.2) is 11.5 Å². The minimum atomic E-state index is -0.888. The van der Waals surface area contributed by atoms with Gasteiger partial charge in [0.05, 0.1) is 33.8 Å². The molecule has 1 aliphatic heterocycles. The van der Waals surface area contributed by atoms with E-state index in [9.17, 15) is 19.8 Å². The first kappa shape index (κ1) is 27.7. The smallest absolute Gasteiger partial charge is 0.295 e. The molecule has 1 fully saturated rings. The van der Waals surface area contributed by atoms with Gasteiger partial charge in [0, 0.05) is 18.5 Å². The Kier molecular flexibility index (Phi) is 8.56. The van der Waals surface area contributed by atoms with Gasteiger partial charge in [-0.1, -0.05) is 48.2 Å². The third-order valence-electron chi connectivity index (χ3n) is 6.90. The molecule has 1 unspecified atom stereocenters. The van der Waals surface area contributed by atoms with Crippen molar-refractivity contribution in [2.75, 3.05) is 34.3 Å². The van der Waals surface area contributed by atoms with E-state index in [0.29, 0.717) is 30.9 Å². The van der Waals surface area contributed by atoms with E-state index in [4.69, 9.17) is 9.47 Å². The fourth-order valence-corrected chi connectivity index (χ4v) is 4.71. The minimum Gasteiger partial charge on any atom is -0.872 e. The number of ketones is 1. The lowest BCUT2D eigenvalue weighted by Crippen LogP contribution is -3.05. The minimum absolute atomic E-state index is 0.0752. The standard InChI is InChI=1S/C31H34N2O6/c1-20-8-5-6-9-23(20)19-39-24-13-10-21(11-14-24)29(35)27-28(22-12-15-25(34)26(18-22)38-4)33(31(37)30(27)36)17-7-16-32(2)3/h5-6,8-15,18,28,34-35H,7,16-17,19H2,1-4H3. The Morgan fingerprint density at radius 3 is 2.44 bits per heavy atom. The van der Waals surface area contributed by atoms with Gasteiger partial charge in [0.2, 0.25) is 5.78 Å². The fourth-order valence-electron chi connectivity index (χ4n) is 4.71. The number of aromatic hydroxyl groups is 1. The van der Waals surface area contributed by atoms with Crippen molar-refractivity contribution in [3.8, 4) is 17.2 Å². The molecule has 1 heterocycles. The number of aryl methyl sites for hydroxylation is 1. The lowest BCUT2D eigenvalue weighted by molar-refractivity contribution is -0.858. The van der Waals surface area contributed by atoms with Gasteiger partial charge in [0.25, 0.3) is 5.91 Å². The van der Waals surface area contributed by atoms with Gasteiger partial charge in [-0.2, -0.15) is 0 Å². The molecule has 2 N–H and O–H groups in total. The Morgan fingerprint density at radius 2 is 1.77 bits per heavy atom. The molecule has 1 atom stereocenters. The van der Waals surface area contributed by atoms with Crippen molar-refractivity contribution < 1.29 is 34.2 Å². The van der Waals surface area contributed by atoms with Crippen molar-refractivity contribution in [1.82, 2.24) is 4.90 Å². The number of rotatable bonds is 10. The van der Waals surface area contributed by atoms with Gasteiger partial charge >= 0.3 is 0 Å². The average molecular weight is 531 g/mol. The molecule has 3 aromatic carbocycles. The molecule has 0 bridgehead atoms. The lowest BCUT2D eigenvalue weighted by Gasteiger charge is -2.28. The van der Waals surface area contributed by atoms with E-state index in [1.807, 2.05) is 45.3 Å². The molecule has 0 radical (unpaired) electrons. The zero-order chi connectivity index (χ0) is 28.1. The molecule has 0 saturated carbocycles. The van der Waals surface area contributed by atoms with Crippen LogP contribution in [-0.2, 0) is 16.2 Å². The van der Waals surface area contributed by atoms with Crippen LogP contribution in [0.4, 0.5) is 0 Å². The first-order valence-electron chi connectivity index (χ1n) is 12.9. The van der Waals surface area contributed by atoms with Crippen LogP contribution in [0.1, 0.15) is 34.7 Å². The van der Waals surface area contributed by atoms with E-state index >= 15 is 0 Å². The van der Waals surface area contributed by atoms with E-state index in [0.717, 1.165) is 17.7 Å². The van der Waals surface area contributed by atoms with Crippen LogP contribution in [0, 0.1) is 6.92 Å². The largest absolute Gasteiger partial charge is 0.872 e. The maximum absolute atomic E-state index is 13.7. The topological polar surface area (TPSA) is 104 Å². The van der Waals surface area contributed by atoms with Gasteiger partial charge in [-0.05, 0) is 53.4 Å². The first-order valence-corrected chi connectivity index (χ1v) is 12.9. The Labute approximate surface area is 228 Å². The highest BCUT2D eigenvalue weighted by Crippen LogP contribution is 2.41. The number of hydrogen-bond acceptors (Lipinski definition) is 6. The number of amides is 1. The highest BCUT2D eigenvalue weighted by atomic mass is 16.5. The number of Topliss-reactive ketones (excluding diaryl/α,β-unsaturated/α-hetero) is 1. The molecular weight excluding hydrogens is 496 g/mol. The molecule has 3 aromatic rings. The molecule has 1 aliphatic rings. The molecule has 39 heavy (non-hydrogen) atoms. The molecule has 8 nitrogen and oxygen atoms in total. The summed E-state index contributed by atoms with van der Waals surface area (Å²) in [5.74, 6) is -1.33. The zero-order valence-electron chi connectivity index (χ0n) is 22.7. The van der Waals surface area contributed by atoms with Crippen molar-refractivity contribution in [1.29, 1.82) is 0 Å². The van der Waals surface area contributed by atoms with E-state index in [2.05, 4.69) is 0 Å². The van der Waals surface area contributed by atoms with Crippen LogP contribution in [0.2, 0.25) is 0 Å². The number of hydrogen-bond donors (Lipinski definition) is 2. The SMILES string of the molecule is COc1cc(C2C(=C([O-])c3ccc(OCc4ccccc4C)cc3)C(=O)C(=O)N2CCC[NH+](C)C)ccc1O. The van der Waals surface area contributed by atoms with Crippen LogP contribution in [0.25, 0.3) is 5.76 Å². The summed E-state index contributed by atoms with van der Waals surface area (Å²) in [7, 11) is 5.43. The van der Waals surface area contributed by atoms with E-state index < -0.39 is 23.5 Å². The second-order valence-electron chi connectivity index (χ2n) is 9.95. The Balaban J connectivity index is 1.67. The number of phenolic OH excluding ortho intramolecular Hbond substituents is 1. The van der Waals surface area contributed by atoms with E-state index in [-0.39, 0.29) is 22.6 Å². The molecule has 0 spiro atoms. The predicted molar refractivity (Wildman–Crippen MR) is 145 cm³/mol. The molecule has 1 saturated heterocycles. The van der Waals surface area contributed by atoms with Crippen LogP contribution in [-0.4, -0.2) is 56.0 Å². The van der Waals surface area contributed by atoms with Gasteiger partial charge in [0.1, 0.15) is 12.4 Å². The Bertz CT molecular complexity index is 1380. The normalized spacial score (nSPS) is 16.6. The average Bonchev–Trinajstić information content (AvgIpc) is 3.17. The van der Waals surface area contributed by atoms with E-state index in [1.165, 1.54) is 23.0 Å². The van der Waals surface area contributed by atoms with Gasteiger partial charge < -0.3 is 29.5 Å². The summed E-state index contributed by atoms with van der Waals surface area (Å²) in [6, 6.07) is 18.2. The molecule has 204 valence electrons. The molecular formula is C31H34N2O6. The van der Waals surface area contributed by atoms with Crippen molar-refractivity contribution >= 4 is 17.4 Å². The zero-order valence-corrected chi connectivity index (χ0v) is 22.7. The highest BCUT2D eigenvalue weighted by molar-refractivity contribution is 6.46. The summed E-state index contributed by atoms with van der Waals surface area (Å²) in [5.41, 5.74) is 2.87. The summed E-state index contributed by atoms with van der Waals surface area (Å²) in [4.78, 5) is 29.0. The summed E-state index contributed by atoms with van der Waals surface area (Å²) >= 11 is 0. The Morgan fingerprint density at radius 1 is 1.05 bits per heavy atom. The first-order chi connectivity index (χ1) is 18.7. The summed E-state index contributed by atoms with van der Waals surface area (Å²) in [5, 5.41) is 23.8. The number of carbonyl (C=O) groups excluding carboxylic acids is 2. The number of benzene rings is 3. The molecule has 4 rings (SSSR count). The quantitative estimate of drug-likeness (QED) is 0.236. The number of methoxy groups -OCH3 is 1. The van der Waals surface area contributed by atoms with Crippen molar-refractivity contribution in [2.24, 2.45) is 0 Å². The van der Waals surface area contributed by atoms with Crippen LogP contribution < -0.4 is 19.5 Å². The van der Waals surface area contributed by atoms with Crippen LogP contribution in [0.15, 0.2) is 72.3 Å².